The van der Waals surface area contributed by atoms with Crippen LogP contribution in [0.1, 0.15) is 45.7 Å². The Hall–Kier alpha value is -3.73. The normalized spacial score (nSPS) is 19.8. The van der Waals surface area contributed by atoms with Crippen molar-refractivity contribution in [2.45, 2.75) is 59.7 Å². The van der Waals surface area contributed by atoms with Crippen molar-refractivity contribution < 1.29 is 38.4 Å². The first-order valence-electron chi connectivity index (χ1n) is 14.6. The lowest BCUT2D eigenvalue weighted by atomic mass is 9.64. The van der Waals surface area contributed by atoms with Gasteiger partial charge in [-0.2, -0.15) is 11.8 Å². The molecule has 252 valence electrons. The first kappa shape index (κ1) is 36.7. The second-order valence-electron chi connectivity index (χ2n) is 12.8. The first-order chi connectivity index (χ1) is 21.5. The lowest BCUT2D eigenvalue weighted by molar-refractivity contribution is -0.385. The van der Waals surface area contributed by atoms with Crippen LogP contribution in [-0.4, -0.2) is 78.9 Å². The van der Waals surface area contributed by atoms with Crippen LogP contribution in [0.5, 0.6) is 0 Å². The molecular formula is C30H42N4O10SSi. The van der Waals surface area contributed by atoms with Crippen molar-refractivity contribution in [1.82, 2.24) is 10.2 Å². The number of nitro benzene ring substituents is 2. The summed E-state index contributed by atoms with van der Waals surface area (Å²) in [7, 11) is 0.320. The van der Waals surface area contributed by atoms with Crippen LogP contribution in [0.3, 0.4) is 0 Å². The van der Waals surface area contributed by atoms with Gasteiger partial charge in [-0.1, -0.05) is 34.6 Å². The van der Waals surface area contributed by atoms with E-state index in [1.54, 1.807) is 17.0 Å². The minimum atomic E-state index is -1.04. The molecule has 2 amide bonds. The number of likely N-dealkylation sites (tertiary alicyclic amines) is 1. The zero-order valence-corrected chi connectivity index (χ0v) is 29.7. The molecule has 0 aromatic heterocycles. The fraction of sp³-hybridized carbons (Fsp3) is 0.533. The number of aliphatic hydroxyl groups excluding tert-OH is 1. The van der Waals surface area contributed by atoms with Crippen LogP contribution in [0.15, 0.2) is 48.5 Å². The number of amides is 2. The van der Waals surface area contributed by atoms with E-state index in [9.17, 15) is 34.9 Å². The Balaban J connectivity index is 1.60. The first-order valence-corrected chi connectivity index (χ1v) is 16.6. The van der Waals surface area contributed by atoms with Gasteiger partial charge in [0.1, 0.15) is 29.4 Å². The van der Waals surface area contributed by atoms with Gasteiger partial charge < -0.3 is 24.3 Å². The highest BCUT2D eigenvalue weighted by atomic mass is 32.2. The van der Waals surface area contributed by atoms with Crippen LogP contribution < -0.4 is 5.32 Å². The molecule has 1 aliphatic rings. The van der Waals surface area contributed by atoms with Crippen LogP contribution in [-0.2, 0) is 27.1 Å². The number of carbonyl (C=O) groups is 2. The summed E-state index contributed by atoms with van der Waals surface area (Å²) in [4.78, 5) is 48.1. The van der Waals surface area contributed by atoms with Crippen molar-refractivity contribution in [3.63, 3.8) is 0 Å². The maximum absolute atomic E-state index is 13.6. The van der Waals surface area contributed by atoms with Crippen molar-refractivity contribution in [3.8, 4) is 0 Å². The molecule has 3 rings (SSSR count). The summed E-state index contributed by atoms with van der Waals surface area (Å²) in [5, 5.41) is 34.9. The number of rotatable bonds is 13. The molecule has 1 unspecified atom stereocenters. The van der Waals surface area contributed by atoms with Gasteiger partial charge in [0.2, 0.25) is 0 Å². The third kappa shape index (κ3) is 8.74. The number of aliphatic hydroxyl groups is 1. The van der Waals surface area contributed by atoms with Crippen LogP contribution in [0, 0.1) is 37.0 Å². The summed E-state index contributed by atoms with van der Waals surface area (Å²) >= 11 is 1.39. The summed E-state index contributed by atoms with van der Waals surface area (Å²) in [6, 6.07) is 11.4. The highest BCUT2D eigenvalue weighted by Crippen LogP contribution is 2.56. The van der Waals surface area contributed by atoms with E-state index in [-0.39, 0.29) is 48.2 Å². The predicted molar refractivity (Wildman–Crippen MR) is 175 cm³/mol. The number of thioether (sulfide) groups is 1. The Morgan fingerprint density at radius 3 is 1.98 bits per heavy atom. The van der Waals surface area contributed by atoms with Crippen molar-refractivity contribution in [3.05, 3.63) is 79.9 Å². The molecule has 46 heavy (non-hydrogen) atoms. The highest BCUT2D eigenvalue weighted by molar-refractivity contribution is 7.99. The maximum Gasteiger partial charge on any atom is 0.412 e. The summed E-state index contributed by atoms with van der Waals surface area (Å²) in [5.74, 6) is 0.611. The monoisotopic (exact) mass is 678 g/mol. The summed E-state index contributed by atoms with van der Waals surface area (Å²) in [6.07, 6.45) is -2.23. The van der Waals surface area contributed by atoms with Gasteiger partial charge in [0.05, 0.1) is 16.0 Å². The molecule has 1 saturated heterocycles. The number of alkyl carbamates (subject to hydrolysis) is 1. The van der Waals surface area contributed by atoms with Gasteiger partial charge in [0.25, 0.3) is 11.4 Å². The Labute approximate surface area is 275 Å². The molecule has 0 saturated carbocycles. The molecular weight excluding hydrogens is 637 g/mol. The van der Waals surface area contributed by atoms with Gasteiger partial charge in [0, 0.05) is 54.3 Å². The predicted octanol–water partition coefficient (Wildman–Crippen LogP) is 4.16. The van der Waals surface area contributed by atoms with E-state index in [2.05, 4.69) is 39.9 Å². The van der Waals surface area contributed by atoms with E-state index in [0.717, 1.165) is 0 Å². The molecule has 2 N–H and O–H groups in total. The van der Waals surface area contributed by atoms with Crippen molar-refractivity contribution in [2.75, 3.05) is 24.6 Å². The summed E-state index contributed by atoms with van der Waals surface area (Å²) < 4.78 is 17.1. The van der Waals surface area contributed by atoms with E-state index in [4.69, 9.17) is 13.9 Å². The number of nitrogens with zero attached hydrogens (tertiary/aromatic N) is 3. The number of ether oxygens (including phenoxy) is 2. The molecule has 2 aromatic carbocycles. The lowest BCUT2D eigenvalue weighted by Crippen LogP contribution is -2.58. The Morgan fingerprint density at radius 2 is 1.52 bits per heavy atom. The van der Waals surface area contributed by atoms with Gasteiger partial charge in [-0.15, -0.1) is 0 Å². The number of hydrogen-bond donors (Lipinski definition) is 2. The fourth-order valence-corrected chi connectivity index (χ4v) is 8.43. The molecule has 1 heterocycles. The molecule has 3 atom stereocenters. The highest BCUT2D eigenvalue weighted by Gasteiger charge is 2.63. The minimum Gasteiger partial charge on any atom is -0.445 e. The van der Waals surface area contributed by atoms with Crippen molar-refractivity contribution in [1.29, 1.82) is 0 Å². The van der Waals surface area contributed by atoms with Gasteiger partial charge >= 0.3 is 12.2 Å². The van der Waals surface area contributed by atoms with Crippen molar-refractivity contribution >= 4 is 45.8 Å². The van der Waals surface area contributed by atoms with E-state index < -0.39 is 39.3 Å². The van der Waals surface area contributed by atoms with Gasteiger partial charge in [0.15, 0.2) is 0 Å². The summed E-state index contributed by atoms with van der Waals surface area (Å²) in [5.41, 5.74) is -0.648. The molecule has 0 bridgehead atoms. The Bertz CT molecular complexity index is 1390. The molecule has 16 heteroatoms. The number of nitrogens with one attached hydrogen (secondary N) is 1. The quantitative estimate of drug-likeness (QED) is 0.176. The van der Waals surface area contributed by atoms with E-state index >= 15 is 0 Å². The SMILES string of the molecule is CC(C)(C)[C@H]1CN(C(=O)OCc2ccc([N+](=O)[O-])cc2)[C@@](CSCC(O)CNC(=O)OCc2ccc([N+](=O)[O-])cc2)(O[SiH3])C1(C)C. The average Bonchev–Trinajstić information content (AvgIpc) is 3.24. The molecule has 0 spiro atoms. The molecule has 1 aliphatic heterocycles. The van der Waals surface area contributed by atoms with Crippen LogP contribution >= 0.6 is 11.8 Å². The number of hydrogen-bond acceptors (Lipinski definition) is 11. The largest absolute Gasteiger partial charge is 0.445 e. The molecule has 2 aromatic rings. The molecule has 1 fully saturated rings. The Kier molecular flexibility index (Phi) is 12.2. The second-order valence-corrected chi connectivity index (χ2v) is 14.2. The number of nitro groups is 2. The standard InChI is InChI=1S/C30H42N4O10SSi/c1-28(2,3)25-15-32(27(37)43-17-21-8-12-23(13-9-21)34(40)41)30(44-46,29(25,4)5)19-45-18-24(35)14-31-26(36)42-16-20-6-10-22(11-7-20)33(38)39/h6-13,24-25,35H,14-19H2,1-5,46H3,(H,31,36)/t24?,25-,30+/m1/s1. The number of non-ortho nitro benzene ring substituents is 2. The van der Waals surface area contributed by atoms with Crippen LogP contribution in [0.2, 0.25) is 0 Å². The maximum atomic E-state index is 13.6. The Morgan fingerprint density at radius 1 is 1.02 bits per heavy atom. The van der Waals surface area contributed by atoms with E-state index in [1.165, 1.54) is 48.2 Å². The van der Waals surface area contributed by atoms with Gasteiger partial charge in [-0.3, -0.25) is 25.1 Å². The topological polar surface area (TPSA) is 184 Å². The van der Waals surface area contributed by atoms with Crippen molar-refractivity contribution in [2.24, 2.45) is 16.7 Å². The third-order valence-corrected chi connectivity index (χ3v) is 10.3. The molecule has 0 aliphatic carbocycles. The number of carbonyl (C=O) groups excluding carboxylic acids is 2. The van der Waals surface area contributed by atoms with Crippen LogP contribution in [0.25, 0.3) is 0 Å². The van der Waals surface area contributed by atoms with Gasteiger partial charge in [-0.05, 0) is 46.7 Å². The lowest BCUT2D eigenvalue weighted by Gasteiger charge is -2.48. The average molecular weight is 679 g/mol. The van der Waals surface area contributed by atoms with E-state index in [1.807, 2.05) is 0 Å². The van der Waals surface area contributed by atoms with Gasteiger partial charge in [-0.25, -0.2) is 9.59 Å². The molecule has 0 radical (unpaired) electrons. The third-order valence-electron chi connectivity index (χ3n) is 8.40. The summed E-state index contributed by atoms with van der Waals surface area (Å²) in [6.45, 7) is 10.7. The minimum absolute atomic E-state index is 0.0404. The fourth-order valence-electron chi connectivity index (χ4n) is 5.90. The van der Waals surface area contributed by atoms with E-state index in [0.29, 0.717) is 33.9 Å². The van der Waals surface area contributed by atoms with Crippen LogP contribution in [0.4, 0.5) is 21.0 Å². The zero-order chi connectivity index (χ0) is 34.3. The number of benzene rings is 2. The smallest absolute Gasteiger partial charge is 0.412 e. The zero-order valence-electron chi connectivity index (χ0n) is 26.9. The molecule has 14 nitrogen and oxygen atoms in total. The second kappa shape index (κ2) is 15.2.